The van der Waals surface area contributed by atoms with E-state index in [1.165, 1.54) is 11.3 Å². The normalized spacial score (nSPS) is 15.7. The molecular formula is C21H32N6O. The smallest absolute Gasteiger partial charge is 0.191 e. The third-order valence-electron chi connectivity index (χ3n) is 5.30. The zero-order valence-electron chi connectivity index (χ0n) is 16.9. The number of aromatic nitrogens is 2. The highest BCUT2D eigenvalue weighted by atomic mass is 16.3. The summed E-state index contributed by atoms with van der Waals surface area (Å²) in [5.74, 6) is 1.27. The number of rotatable bonds is 7. The topological polar surface area (TPSA) is 77.7 Å². The second-order valence-electron chi connectivity index (χ2n) is 7.27. The fraction of sp³-hybridized carbons (Fsp3) is 0.524. The lowest BCUT2D eigenvalue weighted by Crippen LogP contribution is -2.37. The fourth-order valence-corrected chi connectivity index (χ4v) is 3.45. The third-order valence-corrected chi connectivity index (χ3v) is 5.30. The summed E-state index contributed by atoms with van der Waals surface area (Å²) in [6.07, 6.45) is 3.93. The molecule has 3 N–H and O–H groups in total. The molecule has 1 aliphatic heterocycles. The number of aliphatic imine (C=N–C) groups is 1. The minimum absolute atomic E-state index is 0.313. The number of anilines is 1. The molecule has 1 fully saturated rings. The Balaban J connectivity index is 1.54. The molecule has 28 heavy (non-hydrogen) atoms. The summed E-state index contributed by atoms with van der Waals surface area (Å²) in [6.45, 7) is 6.55. The highest BCUT2D eigenvalue weighted by Gasteiger charge is 2.18. The van der Waals surface area contributed by atoms with Crippen molar-refractivity contribution in [3.63, 3.8) is 0 Å². The van der Waals surface area contributed by atoms with Crippen molar-refractivity contribution >= 4 is 11.6 Å². The number of aliphatic hydroxyl groups excluding tert-OH is 1. The Bertz CT molecular complexity index is 747. The van der Waals surface area contributed by atoms with Crippen molar-refractivity contribution in [2.75, 3.05) is 31.1 Å². The van der Waals surface area contributed by atoms with Gasteiger partial charge in [0.15, 0.2) is 5.96 Å². The van der Waals surface area contributed by atoms with Crippen molar-refractivity contribution in [1.29, 1.82) is 0 Å². The Kier molecular flexibility index (Phi) is 7.31. The maximum absolute atomic E-state index is 9.29. The van der Waals surface area contributed by atoms with Crippen LogP contribution in [-0.4, -0.2) is 47.1 Å². The van der Waals surface area contributed by atoms with Crippen molar-refractivity contribution in [3.8, 4) is 0 Å². The van der Waals surface area contributed by atoms with E-state index in [9.17, 15) is 5.11 Å². The second kappa shape index (κ2) is 10.1. The monoisotopic (exact) mass is 384 g/mol. The number of benzene rings is 1. The summed E-state index contributed by atoms with van der Waals surface area (Å²) in [4.78, 5) is 7.10. The highest BCUT2D eigenvalue weighted by Crippen LogP contribution is 2.23. The Hall–Kier alpha value is -2.54. The third kappa shape index (κ3) is 5.48. The molecule has 0 spiro atoms. The molecule has 152 valence electrons. The van der Waals surface area contributed by atoms with Crippen LogP contribution in [0.4, 0.5) is 5.69 Å². The van der Waals surface area contributed by atoms with Crippen molar-refractivity contribution in [2.24, 2.45) is 18.0 Å². The summed E-state index contributed by atoms with van der Waals surface area (Å²) in [5.41, 5.74) is 3.55. The van der Waals surface area contributed by atoms with Crippen molar-refractivity contribution < 1.29 is 5.11 Å². The van der Waals surface area contributed by atoms with Gasteiger partial charge in [0.05, 0.1) is 18.8 Å². The zero-order valence-corrected chi connectivity index (χ0v) is 16.9. The van der Waals surface area contributed by atoms with Gasteiger partial charge in [0.1, 0.15) is 0 Å². The molecule has 0 radical (unpaired) electrons. The maximum Gasteiger partial charge on any atom is 0.191 e. The van der Waals surface area contributed by atoms with Crippen LogP contribution in [0.15, 0.2) is 41.5 Å². The van der Waals surface area contributed by atoms with Crippen LogP contribution in [0.2, 0.25) is 0 Å². The SMILES string of the molecule is CCNC(=NCc1ccc(N2CCC(CO)CC2)cc1)NCc1ccnn1C. The average Bonchev–Trinajstić information content (AvgIpc) is 3.15. The molecule has 2 aromatic rings. The number of piperidine rings is 1. The van der Waals surface area contributed by atoms with Crippen LogP contribution >= 0.6 is 0 Å². The number of hydrogen-bond acceptors (Lipinski definition) is 4. The molecular weight excluding hydrogens is 352 g/mol. The minimum atomic E-state index is 0.313. The van der Waals surface area contributed by atoms with E-state index in [-0.39, 0.29) is 0 Å². The van der Waals surface area contributed by atoms with Gasteiger partial charge < -0.3 is 20.6 Å². The molecule has 0 saturated carbocycles. The molecule has 0 unspecified atom stereocenters. The molecule has 7 heteroatoms. The van der Waals surface area contributed by atoms with Gasteiger partial charge >= 0.3 is 0 Å². The van der Waals surface area contributed by atoms with Gasteiger partial charge in [-0.15, -0.1) is 0 Å². The number of aryl methyl sites for hydroxylation is 1. The Morgan fingerprint density at radius 1 is 1.18 bits per heavy atom. The standard InChI is InChI=1S/C21H32N6O/c1-3-22-21(24-15-20-8-11-25-26(20)2)23-14-17-4-6-19(7-5-17)27-12-9-18(16-28)10-13-27/h4-8,11,18,28H,3,9-10,12-16H2,1-2H3,(H2,22,23,24). The maximum atomic E-state index is 9.29. The van der Waals surface area contributed by atoms with Gasteiger partial charge in [0.2, 0.25) is 0 Å². The molecule has 2 heterocycles. The number of aliphatic hydroxyl groups is 1. The molecule has 1 aromatic carbocycles. The predicted octanol–water partition coefficient (Wildman–Crippen LogP) is 1.88. The molecule has 3 rings (SSSR count). The van der Waals surface area contributed by atoms with E-state index in [0.717, 1.165) is 44.1 Å². The van der Waals surface area contributed by atoms with Crippen LogP contribution in [0.3, 0.4) is 0 Å². The largest absolute Gasteiger partial charge is 0.396 e. The van der Waals surface area contributed by atoms with Gasteiger partial charge in [-0.05, 0) is 49.4 Å². The highest BCUT2D eigenvalue weighted by molar-refractivity contribution is 5.79. The summed E-state index contributed by atoms with van der Waals surface area (Å²) in [6, 6.07) is 10.7. The number of nitrogens with zero attached hydrogens (tertiary/aromatic N) is 4. The minimum Gasteiger partial charge on any atom is -0.396 e. The Morgan fingerprint density at radius 3 is 2.54 bits per heavy atom. The molecule has 1 aromatic heterocycles. The van der Waals surface area contributed by atoms with Gasteiger partial charge in [-0.3, -0.25) is 4.68 Å². The van der Waals surface area contributed by atoms with Crippen LogP contribution in [0.25, 0.3) is 0 Å². The van der Waals surface area contributed by atoms with Crippen molar-refractivity contribution in [2.45, 2.75) is 32.9 Å². The summed E-state index contributed by atoms with van der Waals surface area (Å²) in [7, 11) is 1.94. The van der Waals surface area contributed by atoms with Crippen molar-refractivity contribution in [3.05, 3.63) is 47.8 Å². The van der Waals surface area contributed by atoms with Crippen LogP contribution < -0.4 is 15.5 Å². The Morgan fingerprint density at radius 2 is 1.93 bits per heavy atom. The van der Waals surface area contributed by atoms with Gasteiger partial charge in [0, 0.05) is 45.2 Å². The summed E-state index contributed by atoms with van der Waals surface area (Å²) >= 11 is 0. The Labute approximate surface area is 167 Å². The van der Waals surface area contributed by atoms with Crippen LogP contribution in [0, 0.1) is 5.92 Å². The number of nitrogens with one attached hydrogen (secondary N) is 2. The van der Waals surface area contributed by atoms with E-state index in [0.29, 0.717) is 25.6 Å². The number of hydrogen-bond donors (Lipinski definition) is 3. The molecule has 0 bridgehead atoms. The van der Waals surface area contributed by atoms with Crippen LogP contribution in [-0.2, 0) is 20.1 Å². The van der Waals surface area contributed by atoms with Gasteiger partial charge in [-0.25, -0.2) is 4.99 Å². The zero-order chi connectivity index (χ0) is 19.8. The van der Waals surface area contributed by atoms with Gasteiger partial charge in [0.25, 0.3) is 0 Å². The lowest BCUT2D eigenvalue weighted by molar-refractivity contribution is 0.203. The molecule has 0 amide bonds. The van der Waals surface area contributed by atoms with Crippen LogP contribution in [0.5, 0.6) is 0 Å². The van der Waals surface area contributed by atoms with E-state index < -0.39 is 0 Å². The first kappa shape index (κ1) is 20.2. The average molecular weight is 385 g/mol. The lowest BCUT2D eigenvalue weighted by atomic mass is 9.97. The van der Waals surface area contributed by atoms with Gasteiger partial charge in [-0.2, -0.15) is 5.10 Å². The first-order valence-corrected chi connectivity index (χ1v) is 10.1. The van der Waals surface area contributed by atoms with E-state index in [1.807, 2.05) is 17.8 Å². The fourth-order valence-electron chi connectivity index (χ4n) is 3.45. The van der Waals surface area contributed by atoms with Crippen molar-refractivity contribution in [1.82, 2.24) is 20.4 Å². The van der Waals surface area contributed by atoms with E-state index >= 15 is 0 Å². The first-order chi connectivity index (χ1) is 13.7. The summed E-state index contributed by atoms with van der Waals surface area (Å²) in [5, 5.41) is 20.1. The molecule has 1 saturated heterocycles. The quantitative estimate of drug-likeness (QED) is 0.502. The van der Waals surface area contributed by atoms with Crippen LogP contribution in [0.1, 0.15) is 31.0 Å². The van der Waals surface area contributed by atoms with E-state index in [2.05, 4.69) is 51.8 Å². The summed E-state index contributed by atoms with van der Waals surface area (Å²) < 4.78 is 1.86. The second-order valence-corrected chi connectivity index (χ2v) is 7.27. The molecule has 7 nitrogen and oxygen atoms in total. The predicted molar refractivity (Wildman–Crippen MR) is 113 cm³/mol. The number of guanidine groups is 1. The first-order valence-electron chi connectivity index (χ1n) is 10.1. The van der Waals surface area contributed by atoms with Gasteiger partial charge in [-0.1, -0.05) is 12.1 Å². The molecule has 0 aliphatic carbocycles. The molecule has 1 aliphatic rings. The van der Waals surface area contributed by atoms with E-state index in [4.69, 9.17) is 4.99 Å². The molecule has 0 atom stereocenters. The lowest BCUT2D eigenvalue weighted by Gasteiger charge is -2.32. The van der Waals surface area contributed by atoms with E-state index in [1.54, 1.807) is 6.20 Å².